The zero-order valence-electron chi connectivity index (χ0n) is 36.1. The van der Waals surface area contributed by atoms with E-state index in [0.29, 0.717) is 12.8 Å². The predicted molar refractivity (Wildman–Crippen MR) is 226 cm³/mol. The van der Waals surface area contributed by atoms with Crippen LogP contribution < -0.4 is 5.11 Å². The second-order valence-electron chi connectivity index (χ2n) is 16.0. The number of likely N-dealkylation sites (N-methyl/N-ethyl adjacent to an activating group) is 1. The van der Waals surface area contributed by atoms with Crippen molar-refractivity contribution in [2.24, 2.45) is 0 Å². The highest BCUT2D eigenvalue weighted by atomic mass is 16.6. The number of quaternary nitrogens is 1. The topological polar surface area (TPSA) is 102 Å². The van der Waals surface area contributed by atoms with Crippen molar-refractivity contribution in [2.75, 3.05) is 41.0 Å². The van der Waals surface area contributed by atoms with Gasteiger partial charge in [0, 0.05) is 19.3 Å². The lowest BCUT2D eigenvalue weighted by Gasteiger charge is -2.34. The zero-order chi connectivity index (χ0) is 40.7. The molecule has 0 aliphatic heterocycles. The first-order valence-electron chi connectivity index (χ1n) is 22.2. The van der Waals surface area contributed by atoms with Gasteiger partial charge in [0.2, 0.25) is 0 Å². The summed E-state index contributed by atoms with van der Waals surface area (Å²) in [7, 11) is 5.39. The van der Waals surface area contributed by atoms with Crippen molar-refractivity contribution in [1.29, 1.82) is 0 Å². The molecule has 318 valence electrons. The summed E-state index contributed by atoms with van der Waals surface area (Å²) in [6.45, 7) is 4.49. The summed E-state index contributed by atoms with van der Waals surface area (Å²) in [5, 5.41) is 11.6. The Kier molecular flexibility index (Phi) is 36.3. The van der Waals surface area contributed by atoms with Gasteiger partial charge in [-0.1, -0.05) is 178 Å². The monoisotopic (exact) mass is 774 g/mol. The fraction of sp³-hybridized carbons (Fsp3) is 0.766. The maximum atomic E-state index is 12.7. The highest BCUT2D eigenvalue weighted by Gasteiger charge is 2.25. The average Bonchev–Trinajstić information content (AvgIpc) is 3.14. The van der Waals surface area contributed by atoms with Crippen LogP contribution in [0.1, 0.15) is 181 Å². The lowest BCUT2D eigenvalue weighted by molar-refractivity contribution is -0.889. The van der Waals surface area contributed by atoms with E-state index in [0.717, 1.165) is 51.4 Å². The molecule has 2 unspecified atom stereocenters. The second kappa shape index (κ2) is 38.2. The first kappa shape index (κ1) is 52.3. The summed E-state index contributed by atoms with van der Waals surface area (Å²) in [6.07, 6.45) is 44.3. The van der Waals surface area contributed by atoms with E-state index in [1.54, 1.807) is 21.1 Å². The molecule has 0 aromatic heterocycles. The third-order valence-corrected chi connectivity index (χ3v) is 9.82. The quantitative estimate of drug-likeness (QED) is 0.0265. The molecule has 8 nitrogen and oxygen atoms in total. The number of carboxylic acid groups (broad SMARTS) is 1. The van der Waals surface area contributed by atoms with Gasteiger partial charge in [0.25, 0.3) is 0 Å². The van der Waals surface area contributed by atoms with E-state index in [1.165, 1.54) is 96.3 Å². The van der Waals surface area contributed by atoms with E-state index in [2.05, 4.69) is 26.0 Å². The van der Waals surface area contributed by atoms with Gasteiger partial charge in [-0.15, -0.1) is 0 Å². The molecule has 0 saturated heterocycles. The summed E-state index contributed by atoms with van der Waals surface area (Å²) < 4.78 is 17.1. The van der Waals surface area contributed by atoms with Crippen molar-refractivity contribution in [3.8, 4) is 0 Å². The zero-order valence-corrected chi connectivity index (χ0v) is 36.1. The Morgan fingerprint density at radius 1 is 0.564 bits per heavy atom. The summed E-state index contributed by atoms with van der Waals surface area (Å²) >= 11 is 0. The molecule has 0 fully saturated rings. The van der Waals surface area contributed by atoms with E-state index in [9.17, 15) is 19.5 Å². The molecule has 0 rings (SSSR count). The SMILES string of the molecule is CC/C=C/C=C/C=C/C=C/CCCCCC(=O)OCC(COCCC(C(=O)[O-])[N+](C)(C)C)OC(=O)CCCCCCCCCCCCCCCCCCCC. The number of nitrogens with zero attached hydrogens (tertiary/aromatic N) is 1. The summed E-state index contributed by atoms with van der Waals surface area (Å²) in [4.78, 5) is 36.8. The molecular weight excluding hydrogens is 691 g/mol. The van der Waals surface area contributed by atoms with Crippen LogP contribution in [0.25, 0.3) is 0 Å². The molecule has 0 N–H and O–H groups in total. The Morgan fingerprint density at radius 3 is 1.51 bits per heavy atom. The number of ether oxygens (including phenoxy) is 3. The Labute approximate surface area is 337 Å². The van der Waals surface area contributed by atoms with E-state index in [4.69, 9.17) is 14.2 Å². The molecule has 0 bridgehead atoms. The van der Waals surface area contributed by atoms with Crippen LogP contribution in [0.15, 0.2) is 48.6 Å². The average molecular weight is 774 g/mol. The molecule has 55 heavy (non-hydrogen) atoms. The Balaban J connectivity index is 4.35. The van der Waals surface area contributed by atoms with Gasteiger partial charge in [-0.2, -0.15) is 0 Å². The largest absolute Gasteiger partial charge is 0.544 e. The molecule has 8 heteroatoms. The third-order valence-electron chi connectivity index (χ3n) is 9.82. The normalized spacial score (nSPS) is 13.4. The molecule has 0 aromatic carbocycles. The highest BCUT2D eigenvalue weighted by molar-refractivity contribution is 5.70. The minimum atomic E-state index is -1.13. The van der Waals surface area contributed by atoms with Crippen LogP contribution in [0, 0.1) is 0 Å². The number of carbonyl (C=O) groups is 3. The highest BCUT2D eigenvalue weighted by Crippen LogP contribution is 2.15. The number of carbonyl (C=O) groups excluding carboxylic acids is 3. The molecule has 2 atom stereocenters. The summed E-state index contributed by atoms with van der Waals surface area (Å²) in [5.41, 5.74) is 0. The van der Waals surface area contributed by atoms with Crippen molar-refractivity contribution >= 4 is 17.9 Å². The molecule has 0 amide bonds. The molecule has 0 aliphatic carbocycles. The van der Waals surface area contributed by atoms with Gasteiger partial charge in [-0.3, -0.25) is 9.59 Å². The van der Waals surface area contributed by atoms with Crippen molar-refractivity contribution < 1.29 is 38.2 Å². The van der Waals surface area contributed by atoms with Crippen molar-refractivity contribution in [2.45, 2.75) is 193 Å². The van der Waals surface area contributed by atoms with Crippen LogP contribution in [0.4, 0.5) is 0 Å². The van der Waals surface area contributed by atoms with Crippen LogP contribution in [-0.4, -0.2) is 75.5 Å². The van der Waals surface area contributed by atoms with Gasteiger partial charge in [-0.05, 0) is 32.1 Å². The first-order chi connectivity index (χ1) is 26.6. The summed E-state index contributed by atoms with van der Waals surface area (Å²) in [5.74, 6) is -1.78. The van der Waals surface area contributed by atoms with Crippen LogP contribution in [0.2, 0.25) is 0 Å². The minimum absolute atomic E-state index is 0.0288. The van der Waals surface area contributed by atoms with Gasteiger partial charge < -0.3 is 28.6 Å². The fourth-order valence-electron chi connectivity index (χ4n) is 6.38. The fourth-order valence-corrected chi connectivity index (χ4v) is 6.38. The van der Waals surface area contributed by atoms with Crippen LogP contribution in [-0.2, 0) is 28.6 Å². The lowest BCUT2D eigenvalue weighted by Crippen LogP contribution is -2.55. The Hall–Kier alpha value is -2.71. The van der Waals surface area contributed by atoms with Crippen LogP contribution >= 0.6 is 0 Å². The second-order valence-corrected chi connectivity index (χ2v) is 16.0. The van der Waals surface area contributed by atoms with Crippen LogP contribution in [0.3, 0.4) is 0 Å². The Morgan fingerprint density at radius 2 is 1.02 bits per heavy atom. The predicted octanol–water partition coefficient (Wildman–Crippen LogP) is 10.7. The number of carboxylic acids is 1. The van der Waals surface area contributed by atoms with E-state index >= 15 is 0 Å². The molecular formula is C47H83NO7. The first-order valence-corrected chi connectivity index (χ1v) is 22.2. The molecule has 0 spiro atoms. The maximum Gasteiger partial charge on any atom is 0.306 e. The lowest BCUT2D eigenvalue weighted by atomic mass is 10.0. The summed E-state index contributed by atoms with van der Waals surface area (Å²) in [6, 6.07) is -0.731. The minimum Gasteiger partial charge on any atom is -0.544 e. The van der Waals surface area contributed by atoms with Crippen LogP contribution in [0.5, 0.6) is 0 Å². The standard InChI is InChI=1S/C47H83NO7/c1-6-8-10-12-14-16-18-20-21-22-23-24-26-28-30-32-34-36-38-46(50)55-43(41-53-40-39-44(47(51)52)48(3,4)5)42-54-45(49)37-35-33-31-29-27-25-19-17-15-13-11-9-7-2/h9,11,13,15,17,19,25,27,43-44H,6-8,10,12,14,16,18,20-24,26,28-42H2,1-5H3/b11-9+,15-13+,19-17+,27-25+. The van der Waals surface area contributed by atoms with Gasteiger partial charge in [0.05, 0.1) is 40.3 Å². The van der Waals surface area contributed by atoms with E-state index in [-0.39, 0.29) is 42.7 Å². The van der Waals surface area contributed by atoms with E-state index in [1.807, 2.05) is 36.5 Å². The number of allylic oxidation sites excluding steroid dienone is 8. The van der Waals surface area contributed by atoms with E-state index < -0.39 is 18.1 Å². The smallest absolute Gasteiger partial charge is 0.306 e. The van der Waals surface area contributed by atoms with Gasteiger partial charge in [0.1, 0.15) is 12.6 Å². The number of unbranched alkanes of at least 4 members (excludes halogenated alkanes) is 20. The maximum absolute atomic E-state index is 12.7. The molecule has 0 saturated carbocycles. The Bertz CT molecular complexity index is 1040. The number of aliphatic carboxylic acids is 1. The number of rotatable bonds is 39. The molecule has 0 aromatic rings. The third kappa shape index (κ3) is 36.7. The number of hydrogen-bond acceptors (Lipinski definition) is 7. The van der Waals surface area contributed by atoms with Gasteiger partial charge in [0.15, 0.2) is 6.10 Å². The van der Waals surface area contributed by atoms with Crippen molar-refractivity contribution in [3.63, 3.8) is 0 Å². The van der Waals surface area contributed by atoms with Crippen molar-refractivity contribution in [3.05, 3.63) is 48.6 Å². The molecule has 0 heterocycles. The number of hydrogen-bond donors (Lipinski definition) is 0. The van der Waals surface area contributed by atoms with Gasteiger partial charge >= 0.3 is 11.9 Å². The molecule has 0 aliphatic rings. The van der Waals surface area contributed by atoms with Gasteiger partial charge in [-0.25, -0.2) is 0 Å². The number of esters is 2. The van der Waals surface area contributed by atoms with Crippen molar-refractivity contribution in [1.82, 2.24) is 0 Å². The molecule has 0 radical (unpaired) electrons.